The highest BCUT2D eigenvalue weighted by molar-refractivity contribution is 6.08. The Morgan fingerprint density at radius 3 is 2.48 bits per heavy atom. The molecule has 0 aliphatic carbocycles. The highest BCUT2D eigenvalue weighted by Crippen LogP contribution is 2.35. The molecule has 0 atom stereocenters. The Labute approximate surface area is 166 Å². The first-order chi connectivity index (χ1) is 13.9. The molecule has 2 amide bonds. The number of anilines is 1. The molecule has 0 bridgehead atoms. The van der Waals surface area contributed by atoms with E-state index in [2.05, 4.69) is 5.32 Å². The van der Waals surface area contributed by atoms with E-state index in [1.807, 2.05) is 0 Å². The lowest BCUT2D eigenvalue weighted by Crippen LogP contribution is -2.17. The van der Waals surface area contributed by atoms with Gasteiger partial charge in [-0.2, -0.15) is 0 Å². The third kappa shape index (κ3) is 5.58. The molecule has 0 saturated carbocycles. The largest absolute Gasteiger partial charge is 0.493 e. The number of nitrogens with zero attached hydrogens (tertiary/aromatic N) is 1. The van der Waals surface area contributed by atoms with Crippen molar-refractivity contribution in [2.45, 2.75) is 13.3 Å². The molecule has 0 unspecified atom stereocenters. The number of primary amides is 1. The number of para-hydroxylation sites is 2. The zero-order valence-corrected chi connectivity index (χ0v) is 16.0. The van der Waals surface area contributed by atoms with Gasteiger partial charge in [-0.25, -0.2) is 0 Å². The van der Waals surface area contributed by atoms with Crippen molar-refractivity contribution in [2.24, 2.45) is 5.73 Å². The number of hydrogen-bond acceptors (Lipinski definition) is 7. The second-order valence-electron chi connectivity index (χ2n) is 5.73. The zero-order valence-electron chi connectivity index (χ0n) is 16.0. The third-order valence-corrected chi connectivity index (χ3v) is 3.76. The highest BCUT2D eigenvalue weighted by Gasteiger charge is 2.25. The highest BCUT2D eigenvalue weighted by atomic mass is 16.6. The molecular formula is C19H21N3O7. The lowest BCUT2D eigenvalue weighted by molar-refractivity contribution is -0.385. The monoisotopic (exact) mass is 403 g/mol. The molecule has 2 rings (SSSR count). The summed E-state index contributed by atoms with van der Waals surface area (Å²) >= 11 is 0. The molecule has 10 heteroatoms. The lowest BCUT2D eigenvalue weighted by atomic mass is 10.1. The summed E-state index contributed by atoms with van der Waals surface area (Å²) in [6.45, 7) is 2.05. The standard InChI is InChI=1S/C19H21N3O7/c1-3-28-17-10-12(14(22(25)26)11-16(17)27-2)19(24)21-13-6-4-5-7-15(13)29-9-8-18(20)23/h4-7,10-11H,3,8-9H2,1-2H3,(H2,20,23)(H,21,24). The van der Waals surface area contributed by atoms with Crippen molar-refractivity contribution >= 4 is 23.2 Å². The van der Waals surface area contributed by atoms with Gasteiger partial charge in [-0.15, -0.1) is 0 Å². The topological polar surface area (TPSA) is 143 Å². The van der Waals surface area contributed by atoms with E-state index in [1.54, 1.807) is 31.2 Å². The first-order valence-corrected chi connectivity index (χ1v) is 8.68. The molecule has 29 heavy (non-hydrogen) atoms. The van der Waals surface area contributed by atoms with Gasteiger partial charge in [0, 0.05) is 6.07 Å². The van der Waals surface area contributed by atoms with Gasteiger partial charge in [0.15, 0.2) is 11.5 Å². The molecule has 0 radical (unpaired) electrons. The van der Waals surface area contributed by atoms with Crippen LogP contribution in [-0.2, 0) is 4.79 Å². The van der Waals surface area contributed by atoms with Crippen LogP contribution in [0.1, 0.15) is 23.7 Å². The molecule has 0 heterocycles. The van der Waals surface area contributed by atoms with Gasteiger partial charge in [-0.3, -0.25) is 19.7 Å². The van der Waals surface area contributed by atoms with Gasteiger partial charge in [0.1, 0.15) is 11.3 Å². The Balaban J connectivity index is 2.34. The van der Waals surface area contributed by atoms with E-state index in [0.717, 1.165) is 6.07 Å². The number of carbonyl (C=O) groups excluding carboxylic acids is 2. The van der Waals surface area contributed by atoms with Gasteiger partial charge in [-0.05, 0) is 19.1 Å². The minimum atomic E-state index is -0.730. The maximum absolute atomic E-state index is 12.8. The van der Waals surface area contributed by atoms with Gasteiger partial charge in [-0.1, -0.05) is 12.1 Å². The maximum atomic E-state index is 12.8. The van der Waals surface area contributed by atoms with Crippen molar-refractivity contribution in [1.82, 2.24) is 0 Å². The number of benzene rings is 2. The molecule has 154 valence electrons. The molecule has 0 aliphatic rings. The van der Waals surface area contributed by atoms with Crippen molar-refractivity contribution in [3.63, 3.8) is 0 Å². The molecule has 0 fully saturated rings. The van der Waals surface area contributed by atoms with Crippen LogP contribution in [0, 0.1) is 10.1 Å². The van der Waals surface area contributed by atoms with Crippen molar-refractivity contribution in [3.05, 3.63) is 52.1 Å². The van der Waals surface area contributed by atoms with E-state index in [-0.39, 0.29) is 42.4 Å². The fourth-order valence-electron chi connectivity index (χ4n) is 2.46. The molecule has 2 aromatic carbocycles. The predicted octanol–water partition coefficient (Wildman–Crippen LogP) is 2.51. The fraction of sp³-hybridized carbons (Fsp3) is 0.263. The van der Waals surface area contributed by atoms with Gasteiger partial charge >= 0.3 is 0 Å². The number of nitrogens with two attached hydrogens (primary N) is 1. The van der Waals surface area contributed by atoms with E-state index in [4.69, 9.17) is 19.9 Å². The van der Waals surface area contributed by atoms with Gasteiger partial charge in [0.05, 0.1) is 43.4 Å². The summed E-state index contributed by atoms with van der Waals surface area (Å²) < 4.78 is 16.0. The second kappa shape index (κ2) is 9.93. The van der Waals surface area contributed by atoms with Gasteiger partial charge < -0.3 is 25.3 Å². The minimum absolute atomic E-state index is 0.00392. The van der Waals surface area contributed by atoms with E-state index in [0.29, 0.717) is 5.75 Å². The maximum Gasteiger partial charge on any atom is 0.286 e. The van der Waals surface area contributed by atoms with E-state index in [1.165, 1.54) is 13.2 Å². The summed E-state index contributed by atoms with van der Waals surface area (Å²) in [5.41, 5.74) is 4.73. The predicted molar refractivity (Wildman–Crippen MR) is 105 cm³/mol. The summed E-state index contributed by atoms with van der Waals surface area (Å²) in [5.74, 6) is -0.611. The Kier molecular flexibility index (Phi) is 7.35. The van der Waals surface area contributed by atoms with E-state index < -0.39 is 22.4 Å². The van der Waals surface area contributed by atoms with E-state index in [9.17, 15) is 19.7 Å². The Morgan fingerprint density at radius 2 is 1.86 bits per heavy atom. The number of rotatable bonds is 10. The van der Waals surface area contributed by atoms with Crippen LogP contribution in [-0.4, -0.2) is 37.1 Å². The molecule has 0 aliphatic heterocycles. The summed E-state index contributed by atoms with van der Waals surface area (Å²) in [4.78, 5) is 34.4. The summed E-state index contributed by atoms with van der Waals surface area (Å²) in [6, 6.07) is 8.88. The normalized spacial score (nSPS) is 10.1. The molecule has 0 spiro atoms. The smallest absolute Gasteiger partial charge is 0.286 e. The van der Waals surface area contributed by atoms with Crippen LogP contribution in [0.4, 0.5) is 11.4 Å². The first kappa shape index (κ1) is 21.5. The Bertz CT molecular complexity index is 915. The van der Waals surface area contributed by atoms with Crippen molar-refractivity contribution < 1.29 is 28.7 Å². The molecule has 2 aromatic rings. The minimum Gasteiger partial charge on any atom is -0.493 e. The number of carbonyl (C=O) groups is 2. The average molecular weight is 403 g/mol. The average Bonchev–Trinajstić information content (AvgIpc) is 2.68. The zero-order chi connectivity index (χ0) is 21.4. The van der Waals surface area contributed by atoms with Crippen molar-refractivity contribution in [3.8, 4) is 17.2 Å². The number of methoxy groups -OCH3 is 1. The van der Waals surface area contributed by atoms with Crippen LogP contribution in [0.5, 0.6) is 17.2 Å². The lowest BCUT2D eigenvalue weighted by Gasteiger charge is -2.14. The quantitative estimate of drug-likeness (QED) is 0.458. The van der Waals surface area contributed by atoms with Crippen LogP contribution in [0.2, 0.25) is 0 Å². The van der Waals surface area contributed by atoms with Crippen molar-refractivity contribution in [2.75, 3.05) is 25.6 Å². The molecule has 3 N–H and O–H groups in total. The number of nitro benzene ring substituents is 1. The van der Waals surface area contributed by atoms with Crippen LogP contribution in [0.15, 0.2) is 36.4 Å². The second-order valence-corrected chi connectivity index (χ2v) is 5.73. The van der Waals surface area contributed by atoms with Crippen molar-refractivity contribution in [1.29, 1.82) is 0 Å². The Morgan fingerprint density at radius 1 is 1.14 bits per heavy atom. The number of hydrogen-bond donors (Lipinski definition) is 2. The van der Waals surface area contributed by atoms with Crippen LogP contribution < -0.4 is 25.3 Å². The molecule has 0 saturated heterocycles. The molecule has 0 aromatic heterocycles. The molecular weight excluding hydrogens is 382 g/mol. The van der Waals surface area contributed by atoms with Gasteiger partial charge in [0.2, 0.25) is 5.91 Å². The number of amides is 2. The first-order valence-electron chi connectivity index (χ1n) is 8.68. The van der Waals surface area contributed by atoms with E-state index >= 15 is 0 Å². The summed E-state index contributed by atoms with van der Waals surface area (Å²) in [5, 5.41) is 14.0. The third-order valence-electron chi connectivity index (χ3n) is 3.76. The number of nitrogens with one attached hydrogen (secondary N) is 1. The van der Waals surface area contributed by atoms with Crippen LogP contribution in [0.25, 0.3) is 0 Å². The Hall–Kier alpha value is -3.82. The summed E-state index contributed by atoms with van der Waals surface area (Å²) in [6.07, 6.45) is 0.00392. The molecule has 10 nitrogen and oxygen atoms in total. The number of nitro groups is 1. The van der Waals surface area contributed by atoms with Crippen LogP contribution in [0.3, 0.4) is 0 Å². The SMILES string of the molecule is CCOc1cc(C(=O)Nc2ccccc2OCCC(N)=O)c([N+](=O)[O-])cc1OC. The van der Waals surface area contributed by atoms with Crippen LogP contribution >= 0.6 is 0 Å². The van der Waals surface area contributed by atoms with Gasteiger partial charge in [0.25, 0.3) is 11.6 Å². The summed E-state index contributed by atoms with van der Waals surface area (Å²) in [7, 11) is 1.35. The number of ether oxygens (including phenoxy) is 3. The fourth-order valence-corrected chi connectivity index (χ4v) is 2.46.